The van der Waals surface area contributed by atoms with E-state index in [-0.39, 0.29) is 16.2 Å². The van der Waals surface area contributed by atoms with Gasteiger partial charge >= 0.3 is 11.1 Å². The van der Waals surface area contributed by atoms with E-state index in [1.807, 2.05) is 6.07 Å². The van der Waals surface area contributed by atoms with Gasteiger partial charge in [0.25, 0.3) is 0 Å². The Morgan fingerprint density at radius 3 is 2.47 bits per heavy atom. The summed E-state index contributed by atoms with van der Waals surface area (Å²) in [5, 5.41) is 7.20. The molecule has 2 aromatic carbocycles. The van der Waals surface area contributed by atoms with E-state index in [1.165, 1.54) is 41.7 Å². The predicted octanol–water partition coefficient (Wildman–Crippen LogP) is 2.78. The fraction of sp³-hybridized carbons (Fsp3) is 0.261. The van der Waals surface area contributed by atoms with Gasteiger partial charge in [-0.1, -0.05) is 18.6 Å². The van der Waals surface area contributed by atoms with Crippen molar-refractivity contribution in [3.05, 3.63) is 80.7 Å². The van der Waals surface area contributed by atoms with E-state index >= 15 is 0 Å². The van der Waals surface area contributed by atoms with Crippen molar-refractivity contribution in [1.29, 1.82) is 0 Å². The lowest BCUT2D eigenvalue weighted by molar-refractivity contribution is 0.452. The molecule has 0 spiro atoms. The highest BCUT2D eigenvalue weighted by Crippen LogP contribution is 2.20. The second-order valence-electron chi connectivity index (χ2n) is 8.04. The summed E-state index contributed by atoms with van der Waals surface area (Å²) in [6.07, 6.45) is 3.05. The maximum atomic E-state index is 13.4. The molecular weight excluding hydrogens is 461 g/mol. The van der Waals surface area contributed by atoms with Crippen LogP contribution in [0, 0.1) is 5.82 Å². The number of rotatable bonds is 9. The Bertz CT molecular complexity index is 1540. The second-order valence-corrected chi connectivity index (χ2v) is 10.1. The van der Waals surface area contributed by atoms with Crippen LogP contribution >= 0.6 is 0 Å². The van der Waals surface area contributed by atoms with Crippen LogP contribution in [0.2, 0.25) is 0 Å². The molecule has 4 rings (SSSR count). The van der Waals surface area contributed by atoms with Gasteiger partial charge in [0, 0.05) is 24.8 Å². The standard InChI is InChI=1S/C23H24FN5O4S/c1-29(34(32,33)18-9-10-19-21(14-18)26-23(31)22(30)25-19)11-4-2-3-8-17-13-20(28-27-17)15-6-5-7-16(24)12-15/h5-7,9-10,12-14H,2-4,8,11H2,1H3,(H,25,30)(H,26,31)(H,27,28). The number of fused-ring (bicyclic) bond motifs is 1. The average Bonchev–Trinajstić information content (AvgIpc) is 3.28. The van der Waals surface area contributed by atoms with E-state index in [4.69, 9.17) is 0 Å². The highest BCUT2D eigenvalue weighted by Gasteiger charge is 2.21. The van der Waals surface area contributed by atoms with E-state index in [9.17, 15) is 22.4 Å². The van der Waals surface area contributed by atoms with Crippen molar-refractivity contribution in [3.63, 3.8) is 0 Å². The molecule has 0 fully saturated rings. The van der Waals surface area contributed by atoms with Crippen molar-refractivity contribution in [3.8, 4) is 11.3 Å². The first-order valence-corrected chi connectivity index (χ1v) is 12.2. The summed E-state index contributed by atoms with van der Waals surface area (Å²) >= 11 is 0. The number of hydrogen-bond acceptors (Lipinski definition) is 5. The molecular formula is C23H24FN5O4S. The van der Waals surface area contributed by atoms with Gasteiger partial charge in [0.2, 0.25) is 10.0 Å². The first-order valence-electron chi connectivity index (χ1n) is 10.8. The van der Waals surface area contributed by atoms with Crippen LogP contribution in [0.15, 0.2) is 63.0 Å². The Labute approximate surface area is 194 Å². The van der Waals surface area contributed by atoms with Gasteiger partial charge in [-0.15, -0.1) is 0 Å². The molecule has 0 aliphatic carbocycles. The fourth-order valence-corrected chi connectivity index (χ4v) is 4.90. The minimum absolute atomic E-state index is 0.0348. The van der Waals surface area contributed by atoms with Crippen LogP contribution in [0.5, 0.6) is 0 Å². The number of halogens is 1. The lowest BCUT2D eigenvalue weighted by Crippen LogP contribution is -2.30. The number of sulfonamides is 1. The average molecular weight is 486 g/mol. The van der Waals surface area contributed by atoms with Crippen molar-refractivity contribution >= 4 is 21.1 Å². The van der Waals surface area contributed by atoms with E-state index in [2.05, 4.69) is 20.2 Å². The summed E-state index contributed by atoms with van der Waals surface area (Å²) < 4.78 is 40.5. The SMILES string of the molecule is CN(CCCCCc1cc(-c2cccc(F)c2)n[nH]1)S(=O)(=O)c1ccc2[nH]c(=O)c(=O)[nH]c2c1. The lowest BCUT2D eigenvalue weighted by Gasteiger charge is -2.17. The van der Waals surface area contributed by atoms with E-state index in [0.29, 0.717) is 29.7 Å². The minimum Gasteiger partial charge on any atom is -0.316 e. The van der Waals surface area contributed by atoms with Gasteiger partial charge in [0.15, 0.2) is 0 Å². The molecule has 4 aromatic rings. The van der Waals surface area contributed by atoms with Crippen LogP contribution in [-0.2, 0) is 16.4 Å². The largest absolute Gasteiger partial charge is 0.316 e. The van der Waals surface area contributed by atoms with Crippen LogP contribution in [0.25, 0.3) is 22.3 Å². The van der Waals surface area contributed by atoms with Gasteiger partial charge in [0.1, 0.15) is 5.82 Å². The number of benzene rings is 2. The number of nitrogens with one attached hydrogen (secondary N) is 3. The first kappa shape index (κ1) is 23.6. The third kappa shape index (κ3) is 5.15. The zero-order valence-electron chi connectivity index (χ0n) is 18.5. The third-order valence-electron chi connectivity index (χ3n) is 5.57. The Balaban J connectivity index is 1.30. The fourth-order valence-electron chi connectivity index (χ4n) is 3.67. The van der Waals surface area contributed by atoms with Crippen molar-refractivity contribution in [2.75, 3.05) is 13.6 Å². The van der Waals surface area contributed by atoms with Gasteiger partial charge in [-0.3, -0.25) is 14.7 Å². The maximum absolute atomic E-state index is 13.4. The van der Waals surface area contributed by atoms with Gasteiger partial charge in [-0.2, -0.15) is 5.10 Å². The summed E-state index contributed by atoms with van der Waals surface area (Å²) in [6.45, 7) is 0.333. The molecule has 0 amide bonds. The maximum Gasteiger partial charge on any atom is 0.314 e. The molecule has 178 valence electrons. The van der Waals surface area contributed by atoms with Crippen molar-refractivity contribution in [1.82, 2.24) is 24.5 Å². The molecule has 0 saturated heterocycles. The highest BCUT2D eigenvalue weighted by atomic mass is 32.2. The number of H-pyrrole nitrogens is 3. The predicted molar refractivity (Wildman–Crippen MR) is 127 cm³/mol. The van der Waals surface area contributed by atoms with Crippen LogP contribution in [0.3, 0.4) is 0 Å². The summed E-state index contributed by atoms with van der Waals surface area (Å²) in [6, 6.07) is 12.3. The van der Waals surface area contributed by atoms with Crippen molar-refractivity contribution in [2.24, 2.45) is 0 Å². The van der Waals surface area contributed by atoms with E-state index in [1.54, 1.807) is 12.1 Å². The Hall–Kier alpha value is -3.57. The van der Waals surface area contributed by atoms with Gasteiger partial charge in [0.05, 0.1) is 21.6 Å². The molecule has 0 bridgehead atoms. The molecule has 9 nitrogen and oxygen atoms in total. The van der Waals surface area contributed by atoms with Gasteiger partial charge in [-0.05, 0) is 55.7 Å². The molecule has 34 heavy (non-hydrogen) atoms. The quantitative estimate of drug-likeness (QED) is 0.248. The lowest BCUT2D eigenvalue weighted by atomic mass is 10.1. The summed E-state index contributed by atoms with van der Waals surface area (Å²) in [4.78, 5) is 27.8. The summed E-state index contributed by atoms with van der Waals surface area (Å²) in [7, 11) is -2.24. The number of hydrogen-bond donors (Lipinski definition) is 3. The van der Waals surface area contributed by atoms with Gasteiger partial charge in [-0.25, -0.2) is 17.1 Å². The Kier molecular flexibility index (Phi) is 6.75. The minimum atomic E-state index is -3.75. The first-order chi connectivity index (χ1) is 16.2. The normalized spacial score (nSPS) is 12.0. The van der Waals surface area contributed by atoms with Crippen molar-refractivity contribution in [2.45, 2.75) is 30.6 Å². The molecule has 2 heterocycles. The zero-order valence-corrected chi connectivity index (χ0v) is 19.3. The number of aromatic nitrogens is 4. The number of unbranched alkanes of at least 4 members (excludes halogenated alkanes) is 2. The molecule has 0 atom stereocenters. The van der Waals surface area contributed by atoms with Crippen LogP contribution in [0.1, 0.15) is 25.0 Å². The topological polar surface area (TPSA) is 132 Å². The smallest absolute Gasteiger partial charge is 0.314 e. The molecule has 2 aromatic heterocycles. The Morgan fingerprint density at radius 1 is 0.941 bits per heavy atom. The third-order valence-corrected chi connectivity index (χ3v) is 7.43. The second kappa shape index (κ2) is 9.74. The molecule has 0 radical (unpaired) electrons. The molecule has 0 aliphatic heterocycles. The zero-order chi connectivity index (χ0) is 24.3. The summed E-state index contributed by atoms with van der Waals surface area (Å²) in [5.41, 5.74) is 1.29. The molecule has 0 unspecified atom stereocenters. The molecule has 11 heteroatoms. The Morgan fingerprint density at radius 2 is 1.71 bits per heavy atom. The number of nitrogens with zero attached hydrogens (tertiary/aromatic N) is 2. The number of aromatic amines is 3. The van der Waals surface area contributed by atoms with Crippen LogP contribution in [0.4, 0.5) is 4.39 Å². The van der Waals surface area contributed by atoms with E-state index < -0.39 is 21.1 Å². The number of aryl methyl sites for hydroxylation is 1. The van der Waals surface area contributed by atoms with Crippen LogP contribution in [-0.4, -0.2) is 46.5 Å². The van der Waals surface area contributed by atoms with E-state index in [0.717, 1.165) is 25.0 Å². The highest BCUT2D eigenvalue weighted by molar-refractivity contribution is 7.89. The van der Waals surface area contributed by atoms with Crippen molar-refractivity contribution < 1.29 is 12.8 Å². The molecule has 0 aliphatic rings. The molecule has 3 N–H and O–H groups in total. The summed E-state index contributed by atoms with van der Waals surface area (Å²) in [5.74, 6) is -0.312. The van der Waals surface area contributed by atoms with Crippen LogP contribution < -0.4 is 11.1 Å². The van der Waals surface area contributed by atoms with Gasteiger partial charge < -0.3 is 9.97 Å². The molecule has 0 saturated carbocycles. The monoisotopic (exact) mass is 485 g/mol.